The largest absolute Gasteiger partial charge is 0.415 e. The number of carbonyl (C=O) groups excluding carboxylic acids is 1. The van der Waals surface area contributed by atoms with E-state index in [1.54, 1.807) is 0 Å². The van der Waals surface area contributed by atoms with E-state index in [9.17, 15) is 13.6 Å². The maximum absolute atomic E-state index is 12.6. The lowest BCUT2D eigenvalue weighted by Gasteiger charge is -2.27. The molecule has 0 bridgehead atoms. The van der Waals surface area contributed by atoms with Crippen LogP contribution in [-0.4, -0.2) is 5.97 Å². The standard InChI is InChI=1S/C19H28F2O2S/c1-2-3-4-5-6-7-14-8-10-15(11-9-14)19(22)23-17-12-16(13-24-17)18(20)21/h12-15,18H,2-11H2,1H3/t14-,15-. The second kappa shape index (κ2) is 10.1. The summed E-state index contributed by atoms with van der Waals surface area (Å²) in [4.78, 5) is 12.2. The molecule has 0 aromatic carbocycles. The molecule has 1 aliphatic carbocycles. The summed E-state index contributed by atoms with van der Waals surface area (Å²) in [6.07, 6.45) is 9.21. The molecule has 1 aromatic heterocycles. The molecule has 1 heterocycles. The second-order valence-electron chi connectivity index (χ2n) is 6.84. The Morgan fingerprint density at radius 1 is 1.21 bits per heavy atom. The van der Waals surface area contributed by atoms with Crippen LogP contribution in [0, 0.1) is 11.8 Å². The first-order valence-corrected chi connectivity index (χ1v) is 10.1. The van der Waals surface area contributed by atoms with E-state index in [0.29, 0.717) is 0 Å². The number of halogens is 2. The molecule has 1 aromatic rings. The summed E-state index contributed by atoms with van der Waals surface area (Å²) in [5.74, 6) is 0.417. The SMILES string of the molecule is CCCCCCC[C@H]1CC[C@H](C(=O)Oc2cc(C(F)F)cs2)CC1. The van der Waals surface area contributed by atoms with Gasteiger partial charge >= 0.3 is 5.97 Å². The lowest BCUT2D eigenvalue weighted by molar-refractivity contribution is -0.140. The molecule has 2 nitrogen and oxygen atoms in total. The van der Waals surface area contributed by atoms with Crippen LogP contribution in [0.3, 0.4) is 0 Å². The number of thiophene rings is 1. The fourth-order valence-electron chi connectivity index (χ4n) is 3.40. The Morgan fingerprint density at radius 2 is 1.92 bits per heavy atom. The molecule has 0 amide bonds. The van der Waals surface area contributed by atoms with Crippen LogP contribution in [-0.2, 0) is 4.79 Å². The molecule has 0 atom stereocenters. The highest BCUT2D eigenvalue weighted by Gasteiger charge is 2.28. The Bertz CT molecular complexity index is 493. The third-order valence-corrected chi connectivity index (χ3v) is 5.77. The van der Waals surface area contributed by atoms with Crippen molar-refractivity contribution in [2.75, 3.05) is 0 Å². The molecule has 1 aliphatic rings. The summed E-state index contributed by atoms with van der Waals surface area (Å²) in [6, 6.07) is 1.27. The molecule has 0 saturated heterocycles. The van der Waals surface area contributed by atoms with Crippen LogP contribution >= 0.6 is 11.3 Å². The monoisotopic (exact) mass is 358 g/mol. The first-order chi connectivity index (χ1) is 11.6. The van der Waals surface area contributed by atoms with Crippen molar-refractivity contribution >= 4 is 17.3 Å². The van der Waals surface area contributed by atoms with Gasteiger partial charge in [-0.15, -0.1) is 11.3 Å². The van der Waals surface area contributed by atoms with E-state index < -0.39 is 6.43 Å². The van der Waals surface area contributed by atoms with Gasteiger partial charge in [-0.3, -0.25) is 4.79 Å². The van der Waals surface area contributed by atoms with E-state index in [4.69, 9.17) is 4.74 Å². The minimum absolute atomic E-state index is 0.0709. The van der Waals surface area contributed by atoms with Gasteiger partial charge in [0.1, 0.15) is 0 Å². The third-order valence-electron chi connectivity index (χ3n) is 4.94. The summed E-state index contributed by atoms with van der Waals surface area (Å²) in [6.45, 7) is 2.23. The van der Waals surface area contributed by atoms with Gasteiger partial charge in [-0.05, 0) is 31.6 Å². The Labute approximate surface area is 147 Å². The molecule has 0 N–H and O–H groups in total. The number of hydrogen-bond donors (Lipinski definition) is 0. The lowest BCUT2D eigenvalue weighted by Crippen LogP contribution is -2.25. The zero-order valence-corrected chi connectivity index (χ0v) is 15.3. The van der Waals surface area contributed by atoms with Crippen molar-refractivity contribution in [3.63, 3.8) is 0 Å². The van der Waals surface area contributed by atoms with Crippen LogP contribution in [0.1, 0.15) is 83.1 Å². The zero-order chi connectivity index (χ0) is 17.4. The normalized spacial score (nSPS) is 21.2. The number of rotatable bonds is 9. The summed E-state index contributed by atoms with van der Waals surface area (Å²) in [5, 5.41) is 1.64. The Balaban J connectivity index is 1.66. The van der Waals surface area contributed by atoms with Crippen LogP contribution in [0.15, 0.2) is 11.4 Å². The molecule has 2 rings (SSSR count). The van der Waals surface area contributed by atoms with Crippen molar-refractivity contribution in [1.82, 2.24) is 0 Å². The summed E-state index contributed by atoms with van der Waals surface area (Å²) >= 11 is 1.07. The van der Waals surface area contributed by atoms with Crippen LogP contribution < -0.4 is 4.74 Å². The molecule has 136 valence electrons. The highest BCUT2D eigenvalue weighted by Crippen LogP contribution is 2.35. The molecule has 24 heavy (non-hydrogen) atoms. The summed E-state index contributed by atoms with van der Waals surface area (Å²) in [7, 11) is 0. The number of esters is 1. The van der Waals surface area contributed by atoms with Gasteiger partial charge in [0.15, 0.2) is 5.06 Å². The van der Waals surface area contributed by atoms with Gasteiger partial charge in [0.05, 0.1) is 5.92 Å². The maximum atomic E-state index is 12.6. The van der Waals surface area contributed by atoms with Crippen molar-refractivity contribution in [3.8, 4) is 5.06 Å². The van der Waals surface area contributed by atoms with Gasteiger partial charge in [0.25, 0.3) is 6.43 Å². The average Bonchev–Trinajstić information content (AvgIpc) is 3.04. The van der Waals surface area contributed by atoms with Gasteiger partial charge in [0, 0.05) is 17.0 Å². The molecular formula is C19H28F2O2S. The highest BCUT2D eigenvalue weighted by atomic mass is 32.1. The first kappa shape index (κ1) is 19.4. The molecule has 1 fully saturated rings. The molecule has 5 heteroatoms. The number of alkyl halides is 2. The molecule has 1 saturated carbocycles. The van der Waals surface area contributed by atoms with Crippen molar-refractivity contribution in [3.05, 3.63) is 17.0 Å². The van der Waals surface area contributed by atoms with Crippen LogP contribution in [0.25, 0.3) is 0 Å². The van der Waals surface area contributed by atoms with Crippen LogP contribution in [0.4, 0.5) is 8.78 Å². The van der Waals surface area contributed by atoms with Gasteiger partial charge in [-0.1, -0.05) is 45.4 Å². The predicted octanol–water partition coefficient (Wildman–Crippen LogP) is 6.76. The number of unbranched alkanes of at least 4 members (excludes halogenated alkanes) is 4. The van der Waals surface area contributed by atoms with Gasteiger partial charge in [-0.2, -0.15) is 0 Å². The Hall–Kier alpha value is -0.970. The molecule has 0 aliphatic heterocycles. The van der Waals surface area contributed by atoms with E-state index in [1.807, 2.05) is 0 Å². The quantitative estimate of drug-likeness (QED) is 0.360. The Kier molecular flexibility index (Phi) is 8.16. The maximum Gasteiger partial charge on any atom is 0.315 e. The highest BCUT2D eigenvalue weighted by molar-refractivity contribution is 7.12. The van der Waals surface area contributed by atoms with Crippen LogP contribution in [0.2, 0.25) is 0 Å². The number of hydrogen-bond acceptors (Lipinski definition) is 3. The second-order valence-corrected chi connectivity index (χ2v) is 7.72. The lowest BCUT2D eigenvalue weighted by atomic mass is 9.80. The van der Waals surface area contributed by atoms with E-state index in [-0.39, 0.29) is 22.5 Å². The van der Waals surface area contributed by atoms with E-state index in [2.05, 4.69) is 6.92 Å². The van der Waals surface area contributed by atoms with Crippen molar-refractivity contribution in [2.24, 2.45) is 11.8 Å². The minimum Gasteiger partial charge on any atom is -0.415 e. The van der Waals surface area contributed by atoms with Crippen molar-refractivity contribution < 1.29 is 18.3 Å². The smallest absolute Gasteiger partial charge is 0.315 e. The van der Waals surface area contributed by atoms with E-state index >= 15 is 0 Å². The fraction of sp³-hybridized carbons (Fsp3) is 0.737. The number of carbonyl (C=O) groups is 1. The summed E-state index contributed by atoms with van der Waals surface area (Å²) < 4.78 is 30.4. The number of ether oxygens (including phenoxy) is 1. The third kappa shape index (κ3) is 6.15. The van der Waals surface area contributed by atoms with Crippen LogP contribution in [0.5, 0.6) is 5.06 Å². The first-order valence-electron chi connectivity index (χ1n) is 9.18. The van der Waals surface area contributed by atoms with Crippen molar-refractivity contribution in [2.45, 2.75) is 77.6 Å². The zero-order valence-electron chi connectivity index (χ0n) is 14.4. The molecular weight excluding hydrogens is 330 g/mol. The minimum atomic E-state index is -2.51. The van der Waals surface area contributed by atoms with Gasteiger partial charge in [-0.25, -0.2) is 8.78 Å². The van der Waals surface area contributed by atoms with Crippen molar-refractivity contribution in [1.29, 1.82) is 0 Å². The van der Waals surface area contributed by atoms with Gasteiger partial charge < -0.3 is 4.74 Å². The Morgan fingerprint density at radius 3 is 2.54 bits per heavy atom. The molecule has 0 unspecified atom stereocenters. The fourth-order valence-corrected chi connectivity index (χ4v) is 4.16. The topological polar surface area (TPSA) is 26.3 Å². The predicted molar refractivity (Wildman–Crippen MR) is 93.7 cm³/mol. The molecule has 0 spiro atoms. The molecule has 0 radical (unpaired) electrons. The summed E-state index contributed by atoms with van der Waals surface area (Å²) in [5.41, 5.74) is -0.0745. The van der Waals surface area contributed by atoms with E-state index in [1.165, 1.54) is 50.0 Å². The van der Waals surface area contributed by atoms with E-state index in [0.717, 1.165) is 42.9 Å². The van der Waals surface area contributed by atoms with Gasteiger partial charge in [0.2, 0.25) is 0 Å². The average molecular weight is 358 g/mol.